The number of amides is 2. The van der Waals surface area contributed by atoms with Crippen molar-refractivity contribution in [1.29, 1.82) is 0 Å². The lowest BCUT2D eigenvalue weighted by Gasteiger charge is -2.41. The van der Waals surface area contributed by atoms with Crippen molar-refractivity contribution in [2.45, 2.75) is 90.4 Å². The second-order valence-corrected chi connectivity index (χ2v) is 12.0. The van der Waals surface area contributed by atoms with E-state index in [1.165, 1.54) is 11.8 Å². The van der Waals surface area contributed by atoms with Gasteiger partial charge in [-0.1, -0.05) is 55.3 Å². The van der Waals surface area contributed by atoms with E-state index >= 15 is 0 Å². The van der Waals surface area contributed by atoms with Crippen LogP contribution in [0.3, 0.4) is 0 Å². The third-order valence-electron chi connectivity index (χ3n) is 8.40. The number of carbonyl (C=O) groups excluding carboxylic acids is 3. The molecule has 2 fully saturated rings. The van der Waals surface area contributed by atoms with Crippen molar-refractivity contribution in [2.75, 3.05) is 11.9 Å². The fourth-order valence-electron chi connectivity index (χ4n) is 5.75. The maximum Gasteiger partial charge on any atom is 0.409 e. The summed E-state index contributed by atoms with van der Waals surface area (Å²) in [5.41, 5.74) is 0.914. The Bertz CT molecular complexity index is 1260. The van der Waals surface area contributed by atoms with E-state index in [1.54, 1.807) is 14.0 Å². The SMILES string of the molecule is CC(=O)OC1CC(=O)N(C)c2cc(cc(C)c2Cl)C/C(C)=C/C=C/[C@H](C)[C@]2(O)CC(OC(=O)N2)C(C)C2OC12C. The van der Waals surface area contributed by atoms with Crippen molar-refractivity contribution in [1.82, 2.24) is 5.32 Å². The zero-order valence-electron chi connectivity index (χ0n) is 24.1. The lowest BCUT2D eigenvalue weighted by molar-refractivity contribution is -0.151. The number of fused-ring (bicyclic) bond motifs is 5. The number of rotatable bonds is 1. The van der Waals surface area contributed by atoms with Crippen LogP contribution in [0.2, 0.25) is 5.02 Å². The lowest BCUT2D eigenvalue weighted by Crippen LogP contribution is -2.60. The molecule has 9 nitrogen and oxygen atoms in total. The standard InChI is InChI=1S/C30H39ClN2O7/c1-16-9-8-10-18(3)30(37)15-23(39-28(36)32-30)19(4)27-29(6,40-27)24(38-20(5)34)14-25(35)33(7)22-13-21(11-16)12-17(2)26(22)31/h8-10,12-13,18-19,23-24,27,37H,11,14-15H2,1-7H3,(H,32,36)/b10-8+,16-9+/t18-,19?,23?,24?,27?,29?,30+/m0/s1. The number of esters is 1. The van der Waals surface area contributed by atoms with Crippen molar-refractivity contribution < 1.29 is 33.7 Å². The summed E-state index contributed by atoms with van der Waals surface area (Å²) in [5.74, 6) is -1.61. The predicted molar refractivity (Wildman–Crippen MR) is 151 cm³/mol. The van der Waals surface area contributed by atoms with E-state index in [0.29, 0.717) is 17.1 Å². The predicted octanol–water partition coefficient (Wildman–Crippen LogP) is 4.61. The number of hydrogen-bond donors (Lipinski definition) is 2. The second kappa shape index (κ2) is 11.2. The summed E-state index contributed by atoms with van der Waals surface area (Å²) in [6.45, 7) is 10.7. The molecule has 1 aromatic rings. The molecular weight excluding hydrogens is 536 g/mol. The fraction of sp³-hybridized carbons (Fsp3) is 0.567. The van der Waals surface area contributed by atoms with E-state index in [1.807, 2.05) is 58.1 Å². The number of nitrogens with one attached hydrogen (secondary N) is 1. The van der Waals surface area contributed by atoms with Gasteiger partial charge in [-0.25, -0.2) is 4.79 Å². The van der Waals surface area contributed by atoms with Crippen LogP contribution in [0.25, 0.3) is 0 Å². The molecule has 7 atom stereocenters. The van der Waals surface area contributed by atoms with E-state index < -0.39 is 47.6 Å². The van der Waals surface area contributed by atoms with Gasteiger partial charge in [0.15, 0.2) is 0 Å². The third-order valence-corrected chi connectivity index (χ3v) is 8.89. The van der Waals surface area contributed by atoms with Crippen LogP contribution < -0.4 is 10.2 Å². The van der Waals surface area contributed by atoms with Crippen LogP contribution in [-0.2, 0) is 30.2 Å². The summed E-state index contributed by atoms with van der Waals surface area (Å²) >= 11 is 6.65. The largest absolute Gasteiger partial charge is 0.459 e. The molecule has 0 spiro atoms. The molecule has 4 bridgehead atoms. The van der Waals surface area contributed by atoms with Crippen molar-refractivity contribution in [3.05, 3.63) is 52.1 Å². The molecule has 1 aromatic carbocycles. The fourth-order valence-corrected chi connectivity index (χ4v) is 5.98. The minimum atomic E-state index is -1.53. The first kappa shape index (κ1) is 30.1. The number of epoxide rings is 1. The molecule has 0 aliphatic carbocycles. The number of aryl methyl sites for hydroxylation is 1. The van der Waals surface area contributed by atoms with Crippen molar-refractivity contribution in [2.24, 2.45) is 11.8 Å². The molecule has 0 aromatic heterocycles. The van der Waals surface area contributed by atoms with Crippen LogP contribution in [0.4, 0.5) is 10.5 Å². The van der Waals surface area contributed by atoms with Gasteiger partial charge >= 0.3 is 12.1 Å². The Labute approximate surface area is 240 Å². The maximum absolute atomic E-state index is 13.5. The number of alkyl carbamates (subject to hydrolysis) is 1. The first-order chi connectivity index (χ1) is 18.6. The van der Waals surface area contributed by atoms with Crippen LogP contribution in [0, 0.1) is 18.8 Å². The molecule has 218 valence electrons. The van der Waals surface area contributed by atoms with Gasteiger partial charge in [-0.2, -0.15) is 0 Å². The smallest absolute Gasteiger partial charge is 0.409 e. The molecule has 2 N–H and O–H groups in total. The highest BCUT2D eigenvalue weighted by molar-refractivity contribution is 6.34. The van der Waals surface area contributed by atoms with Crippen molar-refractivity contribution in [3.8, 4) is 0 Å². The quantitative estimate of drug-likeness (QED) is 0.371. The van der Waals surface area contributed by atoms with Gasteiger partial charge in [0.25, 0.3) is 0 Å². The zero-order valence-corrected chi connectivity index (χ0v) is 24.9. The first-order valence-electron chi connectivity index (χ1n) is 13.6. The van der Waals surface area contributed by atoms with Gasteiger partial charge < -0.3 is 24.2 Å². The topological polar surface area (TPSA) is 118 Å². The Balaban J connectivity index is 1.76. The summed E-state index contributed by atoms with van der Waals surface area (Å²) in [4.78, 5) is 39.6. The van der Waals surface area contributed by atoms with E-state index in [4.69, 9.17) is 25.8 Å². The number of anilines is 1. The zero-order chi connectivity index (χ0) is 29.6. The summed E-state index contributed by atoms with van der Waals surface area (Å²) in [7, 11) is 1.65. The molecule has 3 aliphatic heterocycles. The highest BCUT2D eigenvalue weighted by atomic mass is 35.5. The number of halogens is 1. The molecule has 5 unspecified atom stereocenters. The third kappa shape index (κ3) is 6.06. The van der Waals surface area contributed by atoms with Crippen molar-refractivity contribution >= 4 is 35.3 Å². The van der Waals surface area contributed by atoms with Gasteiger partial charge in [-0.05, 0) is 44.4 Å². The highest BCUT2D eigenvalue weighted by Gasteiger charge is 2.64. The minimum Gasteiger partial charge on any atom is -0.459 e. The molecule has 0 radical (unpaired) electrons. The van der Waals surface area contributed by atoms with Gasteiger partial charge in [0, 0.05) is 32.2 Å². The van der Waals surface area contributed by atoms with Gasteiger partial charge in [0.1, 0.15) is 23.5 Å². The van der Waals surface area contributed by atoms with Crippen LogP contribution >= 0.6 is 11.6 Å². The van der Waals surface area contributed by atoms with Gasteiger partial charge in [0.2, 0.25) is 5.91 Å². The Kier molecular flexibility index (Phi) is 8.41. The number of benzene rings is 1. The molecule has 2 saturated heterocycles. The van der Waals surface area contributed by atoms with E-state index in [2.05, 4.69) is 5.32 Å². The second-order valence-electron chi connectivity index (χ2n) is 11.6. The number of allylic oxidation sites excluding steroid dienone is 3. The van der Waals surface area contributed by atoms with Crippen molar-refractivity contribution in [3.63, 3.8) is 0 Å². The maximum atomic E-state index is 13.5. The average molecular weight is 575 g/mol. The average Bonchev–Trinajstić information content (AvgIpc) is 3.55. The summed E-state index contributed by atoms with van der Waals surface area (Å²) < 4.78 is 17.3. The lowest BCUT2D eigenvalue weighted by atomic mass is 9.82. The summed E-state index contributed by atoms with van der Waals surface area (Å²) in [6.07, 6.45) is 3.54. The Morgan fingerprint density at radius 2 is 1.95 bits per heavy atom. The number of nitrogens with zero attached hydrogens (tertiary/aromatic N) is 1. The number of hydrogen-bond acceptors (Lipinski definition) is 7. The monoisotopic (exact) mass is 574 g/mol. The number of carbonyl (C=O) groups is 3. The normalized spacial score (nSPS) is 36.9. The Morgan fingerprint density at radius 1 is 1.25 bits per heavy atom. The summed E-state index contributed by atoms with van der Waals surface area (Å²) in [6, 6.07) is 3.88. The van der Waals surface area contributed by atoms with E-state index in [9.17, 15) is 19.5 Å². The highest BCUT2D eigenvalue weighted by Crippen LogP contribution is 2.49. The Hall–Kier alpha value is -2.88. The molecule has 4 rings (SSSR count). The Morgan fingerprint density at radius 3 is 2.62 bits per heavy atom. The molecule has 40 heavy (non-hydrogen) atoms. The molecule has 3 heterocycles. The molecular formula is C30H39ClN2O7. The number of aliphatic hydroxyl groups is 1. The summed E-state index contributed by atoms with van der Waals surface area (Å²) in [5, 5.41) is 14.5. The van der Waals surface area contributed by atoms with E-state index in [0.717, 1.165) is 16.7 Å². The van der Waals surface area contributed by atoms with Gasteiger partial charge in [-0.3, -0.25) is 14.9 Å². The molecule has 2 amide bonds. The van der Waals surface area contributed by atoms with E-state index in [-0.39, 0.29) is 24.7 Å². The minimum absolute atomic E-state index is 0.133. The van der Waals surface area contributed by atoms with Crippen LogP contribution in [-0.4, -0.2) is 59.8 Å². The van der Waals surface area contributed by atoms with Crippen LogP contribution in [0.15, 0.2) is 35.9 Å². The molecule has 3 aliphatic rings. The van der Waals surface area contributed by atoms with Gasteiger partial charge in [-0.15, -0.1) is 0 Å². The number of ether oxygens (including phenoxy) is 3. The van der Waals surface area contributed by atoms with Crippen LogP contribution in [0.5, 0.6) is 0 Å². The molecule has 10 heteroatoms. The first-order valence-corrected chi connectivity index (χ1v) is 14.0. The van der Waals surface area contributed by atoms with Gasteiger partial charge in [0.05, 0.1) is 23.2 Å². The molecule has 0 saturated carbocycles. The van der Waals surface area contributed by atoms with Crippen LogP contribution in [0.1, 0.15) is 58.6 Å².